The lowest BCUT2D eigenvalue weighted by Crippen LogP contribution is -2.30. The lowest BCUT2D eigenvalue weighted by atomic mass is 10.2. The highest BCUT2D eigenvalue weighted by molar-refractivity contribution is 7.98. The van der Waals surface area contributed by atoms with Gasteiger partial charge in [0.25, 0.3) is 0 Å². The molecule has 2 aromatic rings. The maximum Gasteiger partial charge on any atom is 0.170 e. The first-order valence-corrected chi connectivity index (χ1v) is 9.06. The predicted molar refractivity (Wildman–Crippen MR) is 105 cm³/mol. The predicted octanol–water partition coefficient (Wildman–Crippen LogP) is 4.22. The second-order valence-corrected chi connectivity index (χ2v) is 6.67. The second kappa shape index (κ2) is 9.43. The first-order valence-electron chi connectivity index (χ1n) is 7.49. The van der Waals surface area contributed by atoms with Crippen LogP contribution < -0.4 is 15.4 Å². The molecule has 0 aliphatic carbocycles. The van der Waals surface area contributed by atoms with Crippen LogP contribution in [0.5, 0.6) is 5.75 Å². The smallest absolute Gasteiger partial charge is 0.170 e. The van der Waals surface area contributed by atoms with Crippen LogP contribution in [0.2, 0.25) is 0 Å². The Balaban J connectivity index is 1.64. The standard InChI is InChI=1S/C18H22N2OS2/c1-14-5-3-6-15(11-14)13-23-10-9-19-18(22)20-16-7-4-8-17(12-16)21-2/h3-8,11-12H,9-10,13H2,1-2H3,(H2,19,20,22). The zero-order chi connectivity index (χ0) is 16.5. The highest BCUT2D eigenvalue weighted by atomic mass is 32.2. The molecule has 0 aliphatic rings. The minimum atomic E-state index is 0.634. The Hall–Kier alpha value is -1.72. The van der Waals surface area contributed by atoms with E-state index < -0.39 is 0 Å². The molecule has 23 heavy (non-hydrogen) atoms. The summed E-state index contributed by atoms with van der Waals surface area (Å²) in [5.74, 6) is 2.85. The number of rotatable bonds is 7. The summed E-state index contributed by atoms with van der Waals surface area (Å²) in [7, 11) is 1.65. The summed E-state index contributed by atoms with van der Waals surface area (Å²) < 4.78 is 5.19. The van der Waals surface area contributed by atoms with Crippen molar-refractivity contribution in [2.75, 3.05) is 24.7 Å². The highest BCUT2D eigenvalue weighted by Crippen LogP contribution is 2.16. The van der Waals surface area contributed by atoms with Gasteiger partial charge in [0.1, 0.15) is 5.75 Å². The fourth-order valence-corrected chi connectivity index (χ4v) is 3.13. The number of aryl methyl sites for hydroxylation is 1. The number of thiocarbonyl (C=S) groups is 1. The summed E-state index contributed by atoms with van der Waals surface area (Å²) in [6.45, 7) is 2.96. The first-order chi connectivity index (χ1) is 11.2. The topological polar surface area (TPSA) is 33.3 Å². The van der Waals surface area contributed by atoms with Gasteiger partial charge >= 0.3 is 0 Å². The average Bonchev–Trinajstić information content (AvgIpc) is 2.55. The van der Waals surface area contributed by atoms with Crippen LogP contribution in [0.3, 0.4) is 0 Å². The number of nitrogens with one attached hydrogen (secondary N) is 2. The summed E-state index contributed by atoms with van der Waals surface area (Å²) >= 11 is 7.20. The van der Waals surface area contributed by atoms with E-state index in [1.54, 1.807) is 7.11 Å². The third-order valence-electron chi connectivity index (χ3n) is 3.21. The van der Waals surface area contributed by atoms with Gasteiger partial charge in [0.2, 0.25) is 0 Å². The lowest BCUT2D eigenvalue weighted by molar-refractivity contribution is 0.415. The van der Waals surface area contributed by atoms with Crippen LogP contribution in [-0.4, -0.2) is 24.5 Å². The zero-order valence-corrected chi connectivity index (χ0v) is 15.1. The third-order valence-corrected chi connectivity index (χ3v) is 4.49. The normalized spacial score (nSPS) is 10.2. The number of hydrogen-bond donors (Lipinski definition) is 2. The summed E-state index contributed by atoms with van der Waals surface area (Å²) in [5.41, 5.74) is 3.60. The van der Waals surface area contributed by atoms with Crippen molar-refractivity contribution in [3.63, 3.8) is 0 Å². The monoisotopic (exact) mass is 346 g/mol. The van der Waals surface area contributed by atoms with E-state index in [1.165, 1.54) is 11.1 Å². The number of anilines is 1. The van der Waals surface area contributed by atoms with Gasteiger partial charge in [-0.25, -0.2) is 0 Å². The molecule has 0 bridgehead atoms. The molecule has 3 nitrogen and oxygen atoms in total. The number of ether oxygens (including phenoxy) is 1. The van der Waals surface area contributed by atoms with E-state index in [0.29, 0.717) is 5.11 Å². The van der Waals surface area contributed by atoms with Crippen molar-refractivity contribution in [3.8, 4) is 5.75 Å². The third kappa shape index (κ3) is 6.50. The number of methoxy groups -OCH3 is 1. The van der Waals surface area contributed by atoms with Gasteiger partial charge < -0.3 is 15.4 Å². The van der Waals surface area contributed by atoms with Gasteiger partial charge in [0.15, 0.2) is 5.11 Å². The number of hydrogen-bond acceptors (Lipinski definition) is 3. The highest BCUT2D eigenvalue weighted by Gasteiger charge is 1.99. The quantitative estimate of drug-likeness (QED) is 0.579. The zero-order valence-electron chi connectivity index (χ0n) is 13.5. The molecular weight excluding hydrogens is 324 g/mol. The van der Waals surface area contributed by atoms with Crippen LogP contribution in [0.15, 0.2) is 48.5 Å². The fourth-order valence-electron chi connectivity index (χ4n) is 2.10. The molecule has 0 aromatic heterocycles. The van der Waals surface area contributed by atoms with Gasteiger partial charge in [-0.15, -0.1) is 0 Å². The van der Waals surface area contributed by atoms with Gasteiger partial charge in [0, 0.05) is 29.8 Å². The van der Waals surface area contributed by atoms with Gasteiger partial charge in [-0.1, -0.05) is 35.9 Å². The van der Waals surface area contributed by atoms with Crippen molar-refractivity contribution >= 4 is 34.8 Å². The minimum absolute atomic E-state index is 0.634. The Morgan fingerprint density at radius 2 is 2.00 bits per heavy atom. The van der Waals surface area contributed by atoms with Crippen molar-refractivity contribution in [1.29, 1.82) is 0 Å². The summed E-state index contributed by atoms with van der Waals surface area (Å²) in [5, 5.41) is 7.02. The molecule has 0 fully saturated rings. The molecule has 0 unspecified atom stereocenters. The van der Waals surface area contributed by atoms with Crippen LogP contribution >= 0.6 is 24.0 Å². The second-order valence-electron chi connectivity index (χ2n) is 5.15. The first kappa shape index (κ1) is 17.6. The van der Waals surface area contributed by atoms with Crippen LogP contribution in [0.25, 0.3) is 0 Å². The molecular formula is C18H22N2OS2. The summed E-state index contributed by atoms with van der Waals surface area (Å²) in [6.07, 6.45) is 0. The Bertz CT molecular complexity index is 646. The van der Waals surface area contributed by atoms with Crippen molar-refractivity contribution in [3.05, 3.63) is 59.7 Å². The Morgan fingerprint density at radius 1 is 1.17 bits per heavy atom. The van der Waals surface area contributed by atoms with E-state index in [1.807, 2.05) is 36.0 Å². The average molecular weight is 347 g/mol. The van der Waals surface area contributed by atoms with Crippen LogP contribution in [0.4, 0.5) is 5.69 Å². The number of thioether (sulfide) groups is 1. The molecule has 2 aromatic carbocycles. The SMILES string of the molecule is COc1cccc(NC(=S)NCCSCc2cccc(C)c2)c1. The van der Waals surface area contributed by atoms with E-state index in [-0.39, 0.29) is 0 Å². The molecule has 2 rings (SSSR count). The van der Waals surface area contributed by atoms with Crippen LogP contribution in [0, 0.1) is 6.92 Å². The van der Waals surface area contributed by atoms with E-state index in [9.17, 15) is 0 Å². The Labute approximate surface area is 147 Å². The molecule has 0 heterocycles. The minimum Gasteiger partial charge on any atom is -0.497 e. The van der Waals surface area contributed by atoms with E-state index in [0.717, 1.165) is 29.5 Å². The summed E-state index contributed by atoms with van der Waals surface area (Å²) in [6, 6.07) is 16.3. The van der Waals surface area contributed by atoms with Crippen LogP contribution in [0.1, 0.15) is 11.1 Å². The number of benzene rings is 2. The molecule has 0 saturated heterocycles. The maximum absolute atomic E-state index is 5.30. The van der Waals surface area contributed by atoms with E-state index >= 15 is 0 Å². The maximum atomic E-state index is 5.30. The molecule has 2 N–H and O–H groups in total. The van der Waals surface area contributed by atoms with Crippen LogP contribution in [-0.2, 0) is 5.75 Å². The molecule has 0 spiro atoms. The molecule has 122 valence electrons. The molecule has 5 heteroatoms. The van der Waals surface area contributed by atoms with E-state index in [4.69, 9.17) is 17.0 Å². The van der Waals surface area contributed by atoms with Gasteiger partial charge in [-0.3, -0.25) is 0 Å². The molecule has 0 amide bonds. The summed E-state index contributed by atoms with van der Waals surface area (Å²) in [4.78, 5) is 0. The van der Waals surface area contributed by atoms with E-state index in [2.05, 4.69) is 41.8 Å². The van der Waals surface area contributed by atoms with Gasteiger partial charge in [-0.2, -0.15) is 11.8 Å². The molecule has 0 aliphatic heterocycles. The molecule has 0 atom stereocenters. The van der Waals surface area contributed by atoms with Gasteiger partial charge in [-0.05, 0) is 36.8 Å². The lowest BCUT2D eigenvalue weighted by Gasteiger charge is -2.11. The Morgan fingerprint density at radius 3 is 2.78 bits per heavy atom. The van der Waals surface area contributed by atoms with Crippen molar-refractivity contribution < 1.29 is 4.74 Å². The van der Waals surface area contributed by atoms with Crippen molar-refractivity contribution in [1.82, 2.24) is 5.32 Å². The van der Waals surface area contributed by atoms with Crippen molar-refractivity contribution in [2.24, 2.45) is 0 Å². The van der Waals surface area contributed by atoms with Crippen molar-refractivity contribution in [2.45, 2.75) is 12.7 Å². The molecule has 0 radical (unpaired) electrons. The fraction of sp³-hybridized carbons (Fsp3) is 0.278. The largest absolute Gasteiger partial charge is 0.497 e. The van der Waals surface area contributed by atoms with Gasteiger partial charge in [0.05, 0.1) is 7.11 Å². The molecule has 0 saturated carbocycles. The Kier molecular flexibility index (Phi) is 7.23.